The Morgan fingerprint density at radius 3 is 2.57 bits per heavy atom. The van der Waals surface area contributed by atoms with Crippen molar-refractivity contribution in [3.8, 4) is 5.75 Å². The van der Waals surface area contributed by atoms with Crippen LogP contribution in [0, 0.1) is 17.8 Å². The van der Waals surface area contributed by atoms with Gasteiger partial charge < -0.3 is 35.8 Å². The average Bonchev–Trinajstić information content (AvgIpc) is 3.86. The summed E-state index contributed by atoms with van der Waals surface area (Å²) in [4.78, 5) is 68.1. The first-order valence-corrected chi connectivity index (χ1v) is 15.9. The summed E-state index contributed by atoms with van der Waals surface area (Å²) in [5.74, 6) is -2.53. The van der Waals surface area contributed by atoms with Crippen LogP contribution in [-0.4, -0.2) is 82.7 Å². The SMILES string of the molecule is COc1cccc2c1cc(C(=O)N1C[C@@H]3CCC[C@@H]3[C@H]1C(=O)N[C@@H](C[C@@H]1CCNC1=O)C(O)C(N)=O)n2C(=O)OCc1ccccc1. The molecule has 6 rings (SSSR count). The number of nitrogens with two attached hydrogens (primary N) is 1. The first-order valence-electron chi connectivity index (χ1n) is 15.9. The van der Waals surface area contributed by atoms with Gasteiger partial charge >= 0.3 is 6.09 Å². The molecule has 1 aliphatic carbocycles. The maximum Gasteiger partial charge on any atom is 0.419 e. The summed E-state index contributed by atoms with van der Waals surface area (Å²) in [6.07, 6.45) is 0.425. The Labute approximate surface area is 271 Å². The highest BCUT2D eigenvalue weighted by molar-refractivity contribution is 6.06. The zero-order valence-corrected chi connectivity index (χ0v) is 26.1. The van der Waals surface area contributed by atoms with Crippen LogP contribution < -0.4 is 21.1 Å². The van der Waals surface area contributed by atoms with Crippen molar-refractivity contribution in [2.75, 3.05) is 20.2 Å². The van der Waals surface area contributed by atoms with Gasteiger partial charge in [-0.1, -0.05) is 42.8 Å². The van der Waals surface area contributed by atoms with Crippen molar-refractivity contribution < 1.29 is 38.6 Å². The normalized spacial score (nSPS) is 23.2. The lowest BCUT2D eigenvalue weighted by atomic mass is 9.91. The van der Waals surface area contributed by atoms with Gasteiger partial charge in [-0.15, -0.1) is 0 Å². The fourth-order valence-corrected chi connectivity index (χ4v) is 7.43. The van der Waals surface area contributed by atoms with Crippen LogP contribution in [0.4, 0.5) is 4.79 Å². The largest absolute Gasteiger partial charge is 0.496 e. The Kier molecular flexibility index (Phi) is 9.17. The highest BCUT2D eigenvalue weighted by atomic mass is 16.5. The average molecular weight is 646 g/mol. The Bertz CT molecular complexity index is 1690. The van der Waals surface area contributed by atoms with Gasteiger partial charge in [-0.25, -0.2) is 9.36 Å². The number of benzene rings is 2. The lowest BCUT2D eigenvalue weighted by molar-refractivity contribution is -0.133. The second-order valence-electron chi connectivity index (χ2n) is 12.5. The van der Waals surface area contributed by atoms with E-state index in [0.29, 0.717) is 36.0 Å². The summed E-state index contributed by atoms with van der Waals surface area (Å²) in [7, 11) is 1.50. The zero-order valence-electron chi connectivity index (χ0n) is 26.1. The molecule has 1 unspecified atom stereocenters. The number of aliphatic hydroxyl groups is 1. The van der Waals surface area contributed by atoms with Crippen LogP contribution in [-0.2, 0) is 25.7 Å². The molecule has 6 atom stereocenters. The minimum absolute atomic E-state index is 0.0108. The number of hydrogen-bond acceptors (Lipinski definition) is 8. The van der Waals surface area contributed by atoms with Gasteiger partial charge in [-0.2, -0.15) is 0 Å². The van der Waals surface area contributed by atoms with E-state index < -0.39 is 47.9 Å². The molecular formula is C34H39N5O8. The van der Waals surface area contributed by atoms with Crippen LogP contribution in [0.25, 0.3) is 10.9 Å². The topological polar surface area (TPSA) is 182 Å². The van der Waals surface area contributed by atoms with E-state index >= 15 is 0 Å². The number of hydrogen-bond donors (Lipinski definition) is 4. The van der Waals surface area contributed by atoms with Crippen molar-refractivity contribution in [3.63, 3.8) is 0 Å². The lowest BCUT2D eigenvalue weighted by Gasteiger charge is -2.31. The number of methoxy groups -OCH3 is 1. The molecule has 3 aliphatic rings. The number of carbonyl (C=O) groups excluding carboxylic acids is 5. The van der Waals surface area contributed by atoms with E-state index in [0.717, 1.165) is 18.4 Å². The van der Waals surface area contributed by atoms with Gasteiger partial charge in [-0.05, 0) is 61.3 Å². The first-order chi connectivity index (χ1) is 22.7. The van der Waals surface area contributed by atoms with Crippen LogP contribution in [0.1, 0.15) is 48.2 Å². The van der Waals surface area contributed by atoms with Gasteiger partial charge in [0, 0.05) is 24.4 Å². The molecule has 3 heterocycles. The quantitative estimate of drug-likeness (QED) is 0.258. The Hall–Kier alpha value is -4.91. The molecule has 0 bridgehead atoms. The van der Waals surface area contributed by atoms with Gasteiger partial charge in [0.15, 0.2) is 6.10 Å². The molecule has 3 fully saturated rings. The van der Waals surface area contributed by atoms with E-state index in [1.165, 1.54) is 16.6 Å². The number of nitrogens with zero attached hydrogens (tertiary/aromatic N) is 2. The summed E-state index contributed by atoms with van der Waals surface area (Å²) in [5.41, 5.74) is 6.61. The van der Waals surface area contributed by atoms with E-state index in [4.69, 9.17) is 15.2 Å². The number of aliphatic hydroxyl groups excluding tert-OH is 1. The van der Waals surface area contributed by atoms with Crippen LogP contribution in [0.2, 0.25) is 0 Å². The molecule has 0 radical (unpaired) electrons. The predicted molar refractivity (Wildman–Crippen MR) is 169 cm³/mol. The molecule has 1 saturated carbocycles. The fourth-order valence-electron chi connectivity index (χ4n) is 7.43. The summed E-state index contributed by atoms with van der Waals surface area (Å²) in [6, 6.07) is 13.8. The number of likely N-dealkylation sites (tertiary alicyclic amines) is 1. The molecule has 2 aliphatic heterocycles. The Morgan fingerprint density at radius 1 is 1.09 bits per heavy atom. The monoisotopic (exact) mass is 645 g/mol. The number of aromatic nitrogens is 1. The van der Waals surface area contributed by atoms with Crippen molar-refractivity contribution >= 4 is 40.6 Å². The first kappa shape index (κ1) is 32.0. The van der Waals surface area contributed by atoms with Crippen LogP contribution >= 0.6 is 0 Å². The molecule has 4 amide bonds. The second kappa shape index (κ2) is 13.4. The summed E-state index contributed by atoms with van der Waals surface area (Å²) < 4.78 is 12.4. The zero-order chi connectivity index (χ0) is 33.2. The minimum atomic E-state index is -1.73. The fraction of sp³-hybridized carbons (Fsp3) is 0.441. The summed E-state index contributed by atoms with van der Waals surface area (Å²) in [6.45, 7) is 0.726. The minimum Gasteiger partial charge on any atom is -0.496 e. The van der Waals surface area contributed by atoms with E-state index in [1.54, 1.807) is 24.3 Å². The Morgan fingerprint density at radius 2 is 1.87 bits per heavy atom. The van der Waals surface area contributed by atoms with Crippen molar-refractivity contribution in [3.05, 3.63) is 65.9 Å². The van der Waals surface area contributed by atoms with Crippen molar-refractivity contribution in [2.24, 2.45) is 23.5 Å². The lowest BCUT2D eigenvalue weighted by Crippen LogP contribution is -2.56. The van der Waals surface area contributed by atoms with E-state index in [2.05, 4.69) is 10.6 Å². The van der Waals surface area contributed by atoms with Gasteiger partial charge in [0.25, 0.3) is 5.91 Å². The third kappa shape index (κ3) is 6.27. The number of carbonyl (C=O) groups is 5. The Balaban J connectivity index is 1.32. The maximum absolute atomic E-state index is 14.5. The van der Waals surface area contributed by atoms with Gasteiger partial charge in [0.05, 0.1) is 18.7 Å². The van der Waals surface area contributed by atoms with Crippen molar-refractivity contribution in [2.45, 2.75) is 56.9 Å². The molecule has 2 saturated heterocycles. The molecular weight excluding hydrogens is 606 g/mol. The van der Waals surface area contributed by atoms with Crippen LogP contribution in [0.3, 0.4) is 0 Å². The van der Waals surface area contributed by atoms with E-state index in [-0.39, 0.29) is 43.0 Å². The number of primary amides is 1. The molecule has 5 N–H and O–H groups in total. The number of amides is 4. The highest BCUT2D eigenvalue weighted by Crippen LogP contribution is 2.43. The van der Waals surface area contributed by atoms with E-state index in [1.807, 2.05) is 30.3 Å². The highest BCUT2D eigenvalue weighted by Gasteiger charge is 2.51. The van der Waals surface area contributed by atoms with Crippen molar-refractivity contribution in [1.29, 1.82) is 0 Å². The molecule has 13 nitrogen and oxygen atoms in total. The smallest absolute Gasteiger partial charge is 0.419 e. The van der Waals surface area contributed by atoms with Gasteiger partial charge in [-0.3, -0.25) is 19.2 Å². The molecule has 47 heavy (non-hydrogen) atoms. The summed E-state index contributed by atoms with van der Waals surface area (Å²) >= 11 is 0. The molecule has 2 aromatic carbocycles. The number of nitrogens with one attached hydrogen (secondary N) is 2. The molecule has 3 aromatic rings. The molecule has 1 aromatic heterocycles. The third-order valence-electron chi connectivity index (χ3n) is 9.75. The van der Waals surface area contributed by atoms with Crippen LogP contribution in [0.5, 0.6) is 5.75 Å². The summed E-state index contributed by atoms with van der Waals surface area (Å²) in [5, 5.41) is 16.7. The van der Waals surface area contributed by atoms with E-state index in [9.17, 15) is 29.1 Å². The molecule has 248 valence electrons. The molecule has 0 spiro atoms. The number of fused-ring (bicyclic) bond motifs is 2. The number of ether oxygens (including phenoxy) is 2. The second-order valence-corrected chi connectivity index (χ2v) is 12.5. The molecule has 13 heteroatoms. The van der Waals surface area contributed by atoms with Crippen LogP contribution in [0.15, 0.2) is 54.6 Å². The predicted octanol–water partition coefficient (Wildman–Crippen LogP) is 1.93. The number of rotatable bonds is 10. The van der Waals surface area contributed by atoms with Crippen molar-refractivity contribution in [1.82, 2.24) is 20.1 Å². The van der Waals surface area contributed by atoms with Gasteiger partial charge in [0.1, 0.15) is 24.1 Å². The van der Waals surface area contributed by atoms with Gasteiger partial charge in [0.2, 0.25) is 17.7 Å². The maximum atomic E-state index is 14.5. The third-order valence-corrected chi connectivity index (χ3v) is 9.75. The standard InChI is InChI=1S/C34H39N5O8/c1-46-27-12-6-11-25-23(27)16-26(39(25)34(45)47-18-19-7-3-2-4-8-19)33(44)38-17-21-9-5-10-22(21)28(38)32(43)37-24(29(40)30(35)41)15-20-13-14-36-31(20)42/h2-4,6-8,11-12,16,20-22,24,28-29,40H,5,9-10,13-15,17-18H2,1H3,(H2,35,41)(H,36,42)(H,37,43)/t20-,21-,22-,24-,28-,29?/m0/s1.